The van der Waals surface area contributed by atoms with Crippen LogP contribution in [0.3, 0.4) is 0 Å². The van der Waals surface area contributed by atoms with Gasteiger partial charge in [0.2, 0.25) is 0 Å². The van der Waals surface area contributed by atoms with Crippen LogP contribution >= 0.6 is 0 Å². The van der Waals surface area contributed by atoms with Gasteiger partial charge in [0.25, 0.3) is 0 Å². The summed E-state index contributed by atoms with van der Waals surface area (Å²) in [5.74, 6) is 0.479. The summed E-state index contributed by atoms with van der Waals surface area (Å²) in [6, 6.07) is 9.62. The number of hydrogen-bond acceptors (Lipinski definition) is 4. The highest BCUT2D eigenvalue weighted by molar-refractivity contribution is 5.70. The molecule has 1 saturated heterocycles. The normalized spacial score (nSPS) is 16.3. The van der Waals surface area contributed by atoms with E-state index in [-0.39, 0.29) is 17.8 Å². The highest BCUT2D eigenvalue weighted by Gasteiger charge is 2.32. The van der Waals surface area contributed by atoms with Crippen molar-refractivity contribution in [2.45, 2.75) is 58.7 Å². The van der Waals surface area contributed by atoms with E-state index in [1.165, 1.54) is 13.0 Å². The summed E-state index contributed by atoms with van der Waals surface area (Å²) in [5.41, 5.74) is 1.52. The van der Waals surface area contributed by atoms with Crippen molar-refractivity contribution in [3.63, 3.8) is 0 Å². The number of nitrogens with zero attached hydrogens (tertiary/aromatic N) is 2. The van der Waals surface area contributed by atoms with Crippen LogP contribution in [0.1, 0.15) is 63.7 Å². The number of hydrogen-bond donors (Lipinski definition) is 1. The zero-order chi connectivity index (χ0) is 24.0. The van der Waals surface area contributed by atoms with Crippen molar-refractivity contribution in [2.24, 2.45) is 5.92 Å². The maximum atomic E-state index is 13.5. The van der Waals surface area contributed by atoms with Crippen molar-refractivity contribution in [1.82, 2.24) is 14.9 Å². The van der Waals surface area contributed by atoms with Crippen molar-refractivity contribution in [2.75, 3.05) is 13.2 Å². The quantitative estimate of drug-likeness (QED) is 0.535. The molecule has 0 aliphatic carbocycles. The molecule has 0 spiro atoms. The van der Waals surface area contributed by atoms with Crippen LogP contribution in [0.2, 0.25) is 0 Å². The van der Waals surface area contributed by atoms with Gasteiger partial charge >= 0.3 is 6.09 Å². The second-order valence-corrected chi connectivity index (χ2v) is 9.43. The molecule has 2 heterocycles. The summed E-state index contributed by atoms with van der Waals surface area (Å²) in [6.07, 6.45) is 4.32. The Kier molecular flexibility index (Phi) is 8.08. The highest BCUT2D eigenvalue weighted by atomic mass is 19.1. The van der Waals surface area contributed by atoms with Gasteiger partial charge in [-0.05, 0) is 63.7 Å². The summed E-state index contributed by atoms with van der Waals surface area (Å²) >= 11 is 0. The number of carbonyl (C=O) groups is 1. The van der Waals surface area contributed by atoms with E-state index in [0.717, 1.165) is 18.4 Å². The molecule has 1 aliphatic heterocycles. The van der Waals surface area contributed by atoms with Crippen molar-refractivity contribution < 1.29 is 18.7 Å². The molecule has 7 heteroatoms. The monoisotopic (exact) mass is 455 g/mol. The maximum absolute atomic E-state index is 13.5. The molecular weight excluding hydrogens is 421 g/mol. The first kappa shape index (κ1) is 24.7. The third kappa shape index (κ3) is 7.29. The Morgan fingerprint density at radius 3 is 2.61 bits per heavy atom. The Morgan fingerprint density at radius 1 is 1.33 bits per heavy atom. The molecule has 33 heavy (non-hydrogen) atoms. The SMILES string of the molecule is C=C(C=C(C)F)c1cn(Cc2ccccc2)c(C(NC(=O)OC(C)(C)C)C2CCOCC2)n1. The van der Waals surface area contributed by atoms with E-state index < -0.39 is 11.7 Å². The number of amides is 1. The van der Waals surface area contributed by atoms with Gasteiger partial charge in [0, 0.05) is 26.0 Å². The molecule has 1 fully saturated rings. The number of halogens is 1. The van der Waals surface area contributed by atoms with E-state index in [2.05, 4.69) is 11.9 Å². The molecule has 1 unspecified atom stereocenters. The molecule has 1 aromatic carbocycles. The number of nitrogens with one attached hydrogen (secondary N) is 1. The minimum Gasteiger partial charge on any atom is -0.444 e. The molecule has 1 amide bonds. The van der Waals surface area contributed by atoms with Gasteiger partial charge in [-0.2, -0.15) is 0 Å². The molecule has 1 aromatic heterocycles. The molecule has 1 N–H and O–H groups in total. The number of rotatable bonds is 7. The van der Waals surface area contributed by atoms with Crippen molar-refractivity contribution in [3.05, 3.63) is 72.1 Å². The third-order valence-electron chi connectivity index (χ3n) is 5.39. The van der Waals surface area contributed by atoms with Crippen LogP contribution in [0.4, 0.5) is 9.18 Å². The first-order valence-electron chi connectivity index (χ1n) is 11.3. The summed E-state index contributed by atoms with van der Waals surface area (Å²) in [4.78, 5) is 17.6. The third-order valence-corrected chi connectivity index (χ3v) is 5.39. The van der Waals surface area contributed by atoms with Gasteiger partial charge in [0.15, 0.2) is 0 Å². The predicted octanol–water partition coefficient (Wildman–Crippen LogP) is 5.81. The van der Waals surface area contributed by atoms with Gasteiger partial charge in [-0.15, -0.1) is 0 Å². The van der Waals surface area contributed by atoms with Crippen LogP contribution in [0.25, 0.3) is 5.57 Å². The Hall–Kier alpha value is -2.93. The van der Waals surface area contributed by atoms with Crippen LogP contribution in [0, 0.1) is 5.92 Å². The largest absolute Gasteiger partial charge is 0.444 e. The number of aromatic nitrogens is 2. The molecular formula is C26H34FN3O3. The number of ether oxygens (including phenoxy) is 2. The molecule has 1 atom stereocenters. The van der Waals surface area contributed by atoms with Crippen LogP contribution < -0.4 is 5.32 Å². The molecule has 178 valence electrons. The molecule has 0 bridgehead atoms. The molecule has 6 nitrogen and oxygen atoms in total. The number of benzene rings is 1. The van der Waals surface area contributed by atoms with E-state index in [4.69, 9.17) is 14.5 Å². The lowest BCUT2D eigenvalue weighted by Gasteiger charge is -2.31. The lowest BCUT2D eigenvalue weighted by Crippen LogP contribution is -2.40. The standard InChI is InChI=1S/C26H34FN3O3/c1-18(15-19(2)27)22-17-30(16-20-9-7-6-8-10-20)24(28-22)23(21-11-13-32-14-12-21)29-25(31)33-26(3,4)5/h6-10,15,17,21,23H,1,11-14,16H2,2-5H3,(H,29,31). The Labute approximate surface area is 195 Å². The van der Waals surface area contributed by atoms with Crippen LogP contribution in [-0.2, 0) is 16.0 Å². The maximum Gasteiger partial charge on any atom is 0.408 e. The molecule has 0 radical (unpaired) electrons. The number of allylic oxidation sites excluding steroid dienone is 3. The number of imidazole rings is 1. The van der Waals surface area contributed by atoms with E-state index >= 15 is 0 Å². The Balaban J connectivity index is 2.01. The number of alkyl carbamates (subject to hydrolysis) is 1. The first-order valence-corrected chi connectivity index (χ1v) is 11.3. The van der Waals surface area contributed by atoms with Crippen molar-refractivity contribution >= 4 is 11.7 Å². The smallest absolute Gasteiger partial charge is 0.408 e. The van der Waals surface area contributed by atoms with Crippen LogP contribution in [-0.4, -0.2) is 34.5 Å². The molecule has 0 saturated carbocycles. The van der Waals surface area contributed by atoms with E-state index in [1.54, 1.807) is 0 Å². The van der Waals surface area contributed by atoms with Crippen LogP contribution in [0.15, 0.2) is 55.0 Å². The van der Waals surface area contributed by atoms with Gasteiger partial charge < -0.3 is 19.4 Å². The Morgan fingerprint density at radius 2 is 2.00 bits per heavy atom. The fourth-order valence-corrected chi connectivity index (χ4v) is 3.93. The van der Waals surface area contributed by atoms with Gasteiger partial charge in [0.1, 0.15) is 11.4 Å². The van der Waals surface area contributed by atoms with E-state index in [0.29, 0.717) is 36.8 Å². The molecule has 3 rings (SSSR count). The van der Waals surface area contributed by atoms with Gasteiger partial charge in [0.05, 0.1) is 17.6 Å². The fraction of sp³-hybridized carbons (Fsp3) is 0.462. The minimum absolute atomic E-state index is 0.128. The summed E-state index contributed by atoms with van der Waals surface area (Å²) < 4.78 is 26.7. The van der Waals surface area contributed by atoms with E-state index in [1.807, 2.05) is 61.9 Å². The summed E-state index contributed by atoms with van der Waals surface area (Å²) in [6.45, 7) is 12.7. The topological polar surface area (TPSA) is 65.4 Å². The lowest BCUT2D eigenvalue weighted by atomic mass is 9.91. The van der Waals surface area contributed by atoms with Crippen molar-refractivity contribution in [1.29, 1.82) is 0 Å². The average molecular weight is 456 g/mol. The second kappa shape index (κ2) is 10.8. The Bertz CT molecular complexity index is 982. The van der Waals surface area contributed by atoms with Crippen LogP contribution in [0.5, 0.6) is 0 Å². The number of carbonyl (C=O) groups excluding carboxylic acids is 1. The first-order chi connectivity index (χ1) is 15.6. The average Bonchev–Trinajstić information content (AvgIpc) is 3.15. The lowest BCUT2D eigenvalue weighted by molar-refractivity contribution is 0.0336. The summed E-state index contributed by atoms with van der Waals surface area (Å²) in [5, 5.41) is 3.06. The zero-order valence-electron chi connectivity index (χ0n) is 19.9. The van der Waals surface area contributed by atoms with E-state index in [9.17, 15) is 9.18 Å². The summed E-state index contributed by atoms with van der Waals surface area (Å²) in [7, 11) is 0. The van der Waals surface area contributed by atoms with Crippen molar-refractivity contribution in [3.8, 4) is 0 Å². The molecule has 1 aliphatic rings. The second-order valence-electron chi connectivity index (χ2n) is 9.43. The van der Waals surface area contributed by atoms with Gasteiger partial charge in [-0.25, -0.2) is 14.2 Å². The minimum atomic E-state index is -0.618. The zero-order valence-corrected chi connectivity index (χ0v) is 19.9. The molecule has 2 aromatic rings. The predicted molar refractivity (Wildman–Crippen MR) is 127 cm³/mol. The highest BCUT2D eigenvalue weighted by Crippen LogP contribution is 2.32. The van der Waals surface area contributed by atoms with Gasteiger partial charge in [-0.1, -0.05) is 36.9 Å². The fourth-order valence-electron chi connectivity index (χ4n) is 3.93. The van der Waals surface area contributed by atoms with Gasteiger partial charge in [-0.3, -0.25) is 0 Å².